The van der Waals surface area contributed by atoms with Crippen molar-refractivity contribution >= 4 is 23.6 Å². The Hall–Kier alpha value is -1.87. The second-order valence-corrected chi connectivity index (χ2v) is 5.71. The molecule has 23 heavy (non-hydrogen) atoms. The fourth-order valence-corrected chi connectivity index (χ4v) is 2.74. The number of piperidine rings is 1. The van der Waals surface area contributed by atoms with Crippen molar-refractivity contribution in [3.8, 4) is 6.01 Å². The molecule has 0 atom stereocenters. The van der Waals surface area contributed by atoms with E-state index in [1.54, 1.807) is 0 Å². The van der Waals surface area contributed by atoms with Gasteiger partial charge in [-0.25, -0.2) is 4.79 Å². The van der Waals surface area contributed by atoms with Crippen molar-refractivity contribution in [1.82, 2.24) is 19.9 Å². The molecule has 2 aliphatic rings. The molecule has 3 heterocycles. The van der Waals surface area contributed by atoms with Crippen molar-refractivity contribution in [3.05, 3.63) is 5.28 Å². The molecule has 1 N–H and O–H groups in total. The van der Waals surface area contributed by atoms with Crippen LogP contribution in [0.5, 0.6) is 6.01 Å². The standard InChI is InChI=1S/C13H18ClN5O4/c14-10-15-11(18-5-7-22-8-6-18)17-12(16-10)23-9-1-3-19(4-2-9)13(20)21/h9H,1-8H2,(H,20,21). The predicted molar refractivity (Wildman–Crippen MR) is 81.1 cm³/mol. The summed E-state index contributed by atoms with van der Waals surface area (Å²) < 4.78 is 11.1. The van der Waals surface area contributed by atoms with E-state index in [0.717, 1.165) is 0 Å². The number of hydrogen-bond acceptors (Lipinski definition) is 7. The Morgan fingerprint density at radius 3 is 2.52 bits per heavy atom. The van der Waals surface area contributed by atoms with E-state index in [9.17, 15) is 4.79 Å². The maximum atomic E-state index is 10.9. The Morgan fingerprint density at radius 2 is 1.87 bits per heavy atom. The lowest BCUT2D eigenvalue weighted by atomic mass is 10.1. The fourth-order valence-electron chi connectivity index (χ4n) is 2.59. The number of anilines is 1. The van der Waals surface area contributed by atoms with E-state index in [1.807, 2.05) is 4.90 Å². The van der Waals surface area contributed by atoms with Crippen LogP contribution in [0.15, 0.2) is 0 Å². The minimum absolute atomic E-state index is 0.0828. The molecule has 126 valence electrons. The van der Waals surface area contributed by atoms with E-state index in [-0.39, 0.29) is 17.4 Å². The Labute approximate surface area is 138 Å². The predicted octanol–water partition coefficient (Wildman–Crippen LogP) is 0.883. The third-order valence-electron chi connectivity index (χ3n) is 3.85. The number of amides is 1. The van der Waals surface area contributed by atoms with Crippen molar-refractivity contribution in [2.45, 2.75) is 18.9 Å². The third kappa shape index (κ3) is 4.11. The molecule has 0 radical (unpaired) electrons. The summed E-state index contributed by atoms with van der Waals surface area (Å²) in [5, 5.41) is 9.03. The highest BCUT2D eigenvalue weighted by Gasteiger charge is 2.25. The lowest BCUT2D eigenvalue weighted by Gasteiger charge is -2.30. The van der Waals surface area contributed by atoms with Crippen LogP contribution in [-0.4, -0.2) is 76.5 Å². The van der Waals surface area contributed by atoms with E-state index in [1.165, 1.54) is 4.90 Å². The molecule has 0 saturated carbocycles. The highest BCUT2D eigenvalue weighted by atomic mass is 35.5. The SMILES string of the molecule is O=C(O)N1CCC(Oc2nc(Cl)nc(N3CCOCC3)n2)CC1. The minimum Gasteiger partial charge on any atom is -0.465 e. The summed E-state index contributed by atoms with van der Waals surface area (Å²) in [6.07, 6.45) is 0.174. The number of hydrogen-bond donors (Lipinski definition) is 1. The molecular weight excluding hydrogens is 326 g/mol. The zero-order valence-corrected chi connectivity index (χ0v) is 13.3. The number of aromatic nitrogens is 3. The van der Waals surface area contributed by atoms with Crippen LogP contribution in [0.25, 0.3) is 0 Å². The average molecular weight is 344 g/mol. The first-order valence-corrected chi connectivity index (χ1v) is 7.88. The van der Waals surface area contributed by atoms with Crippen LogP contribution in [0.1, 0.15) is 12.8 Å². The molecule has 2 aliphatic heterocycles. The average Bonchev–Trinajstić information content (AvgIpc) is 2.55. The lowest BCUT2D eigenvalue weighted by molar-refractivity contribution is 0.0841. The molecule has 0 bridgehead atoms. The van der Waals surface area contributed by atoms with Gasteiger partial charge in [-0.2, -0.15) is 15.0 Å². The van der Waals surface area contributed by atoms with E-state index in [2.05, 4.69) is 15.0 Å². The third-order valence-corrected chi connectivity index (χ3v) is 4.02. The molecule has 9 nitrogen and oxygen atoms in total. The molecule has 10 heteroatoms. The van der Waals surface area contributed by atoms with E-state index >= 15 is 0 Å². The fraction of sp³-hybridized carbons (Fsp3) is 0.692. The largest absolute Gasteiger partial charge is 0.465 e. The van der Waals surface area contributed by atoms with Crippen LogP contribution in [-0.2, 0) is 4.74 Å². The summed E-state index contributed by atoms with van der Waals surface area (Å²) in [6, 6.07) is 0.181. The summed E-state index contributed by atoms with van der Waals surface area (Å²) in [6.45, 7) is 3.50. The van der Waals surface area contributed by atoms with Gasteiger partial charge in [0.05, 0.1) is 13.2 Å². The van der Waals surface area contributed by atoms with Gasteiger partial charge in [0.2, 0.25) is 11.2 Å². The maximum absolute atomic E-state index is 10.9. The number of nitrogens with zero attached hydrogens (tertiary/aromatic N) is 5. The molecule has 0 aromatic carbocycles. The molecule has 2 saturated heterocycles. The number of carboxylic acid groups (broad SMARTS) is 1. The quantitative estimate of drug-likeness (QED) is 0.863. The molecule has 1 aromatic heterocycles. The summed E-state index contributed by atoms with van der Waals surface area (Å²) in [5.74, 6) is 0.478. The van der Waals surface area contributed by atoms with Gasteiger partial charge in [0.25, 0.3) is 0 Å². The smallest absolute Gasteiger partial charge is 0.407 e. The number of rotatable bonds is 3. The van der Waals surface area contributed by atoms with Gasteiger partial charge in [-0.3, -0.25) is 0 Å². The first-order chi connectivity index (χ1) is 11.1. The Kier molecular flexibility index (Phi) is 4.97. The summed E-state index contributed by atoms with van der Waals surface area (Å²) >= 11 is 5.97. The number of morpholine rings is 1. The van der Waals surface area contributed by atoms with Crippen LogP contribution in [0.4, 0.5) is 10.7 Å². The number of ether oxygens (including phenoxy) is 2. The second kappa shape index (κ2) is 7.14. The molecule has 0 unspecified atom stereocenters. The van der Waals surface area contributed by atoms with Gasteiger partial charge in [0.15, 0.2) is 0 Å². The number of carbonyl (C=O) groups is 1. The zero-order chi connectivity index (χ0) is 16.2. The van der Waals surface area contributed by atoms with Crippen LogP contribution < -0.4 is 9.64 Å². The first kappa shape index (κ1) is 16.0. The van der Waals surface area contributed by atoms with Gasteiger partial charge in [0, 0.05) is 39.0 Å². The van der Waals surface area contributed by atoms with Crippen LogP contribution >= 0.6 is 11.6 Å². The van der Waals surface area contributed by atoms with Crippen LogP contribution in [0, 0.1) is 0 Å². The molecule has 1 amide bonds. The highest BCUT2D eigenvalue weighted by molar-refractivity contribution is 6.28. The summed E-state index contributed by atoms with van der Waals surface area (Å²) in [7, 11) is 0. The molecule has 3 rings (SSSR count). The molecule has 1 aromatic rings. The first-order valence-electron chi connectivity index (χ1n) is 7.50. The van der Waals surface area contributed by atoms with Gasteiger partial charge >= 0.3 is 12.1 Å². The lowest BCUT2D eigenvalue weighted by Crippen LogP contribution is -2.41. The van der Waals surface area contributed by atoms with Gasteiger partial charge in [-0.05, 0) is 11.6 Å². The number of likely N-dealkylation sites (tertiary alicyclic amines) is 1. The van der Waals surface area contributed by atoms with Crippen molar-refractivity contribution < 1.29 is 19.4 Å². The Balaban J connectivity index is 1.64. The van der Waals surface area contributed by atoms with Crippen molar-refractivity contribution in [2.24, 2.45) is 0 Å². The van der Waals surface area contributed by atoms with Crippen LogP contribution in [0.2, 0.25) is 5.28 Å². The van der Waals surface area contributed by atoms with Gasteiger partial charge in [0.1, 0.15) is 6.10 Å². The molecular formula is C13H18ClN5O4. The van der Waals surface area contributed by atoms with Gasteiger partial charge < -0.3 is 24.4 Å². The van der Waals surface area contributed by atoms with Crippen molar-refractivity contribution in [3.63, 3.8) is 0 Å². The highest BCUT2D eigenvalue weighted by Crippen LogP contribution is 2.20. The van der Waals surface area contributed by atoms with Gasteiger partial charge in [-0.15, -0.1) is 0 Å². The van der Waals surface area contributed by atoms with E-state index in [4.69, 9.17) is 26.2 Å². The molecule has 0 spiro atoms. The second-order valence-electron chi connectivity index (χ2n) is 5.37. The molecule has 0 aliphatic carbocycles. The Morgan fingerprint density at radius 1 is 1.17 bits per heavy atom. The number of halogens is 1. The van der Waals surface area contributed by atoms with Crippen LogP contribution in [0.3, 0.4) is 0 Å². The molecule has 2 fully saturated rings. The minimum atomic E-state index is -0.902. The topological polar surface area (TPSA) is 101 Å². The monoisotopic (exact) mass is 343 g/mol. The summed E-state index contributed by atoms with van der Waals surface area (Å²) in [4.78, 5) is 26.7. The van der Waals surface area contributed by atoms with Crippen molar-refractivity contribution in [1.29, 1.82) is 0 Å². The maximum Gasteiger partial charge on any atom is 0.407 e. The van der Waals surface area contributed by atoms with Gasteiger partial charge in [-0.1, -0.05) is 0 Å². The van der Waals surface area contributed by atoms with Crippen molar-refractivity contribution in [2.75, 3.05) is 44.3 Å². The normalized spacial score (nSPS) is 19.7. The van der Waals surface area contributed by atoms with E-state index in [0.29, 0.717) is 58.2 Å². The van der Waals surface area contributed by atoms with E-state index < -0.39 is 6.09 Å². The summed E-state index contributed by atoms with van der Waals surface area (Å²) in [5.41, 5.74) is 0. The zero-order valence-electron chi connectivity index (χ0n) is 12.5. The Bertz CT molecular complexity index is 561.